The molecule has 128 valence electrons. The van der Waals surface area contributed by atoms with Crippen LogP contribution in [-0.4, -0.2) is 29.6 Å². The van der Waals surface area contributed by atoms with Crippen LogP contribution in [0.4, 0.5) is 4.79 Å². The van der Waals surface area contributed by atoms with Gasteiger partial charge < -0.3 is 10.1 Å². The fraction of sp³-hybridized carbons (Fsp3) is 0.562. The zero-order valence-electron chi connectivity index (χ0n) is 14.4. The molecule has 1 heterocycles. The fourth-order valence-electron chi connectivity index (χ4n) is 1.83. The summed E-state index contributed by atoms with van der Waals surface area (Å²) < 4.78 is 5.12. The molecule has 0 bridgehead atoms. The van der Waals surface area contributed by atoms with Crippen LogP contribution in [0, 0.1) is 6.92 Å². The lowest BCUT2D eigenvalue weighted by atomic mass is 10.1. The van der Waals surface area contributed by atoms with Crippen molar-refractivity contribution in [3.05, 3.63) is 21.4 Å². The van der Waals surface area contributed by atoms with E-state index in [2.05, 4.69) is 10.6 Å². The highest BCUT2D eigenvalue weighted by atomic mass is 32.1. The number of hydrogen-bond donors (Lipinski definition) is 2. The highest BCUT2D eigenvalue weighted by Gasteiger charge is 2.23. The van der Waals surface area contributed by atoms with Gasteiger partial charge >= 0.3 is 12.0 Å². The van der Waals surface area contributed by atoms with Crippen molar-refractivity contribution in [1.29, 1.82) is 0 Å². The summed E-state index contributed by atoms with van der Waals surface area (Å²) in [5.74, 6) is -1.22. The molecular weight excluding hydrogens is 316 g/mol. The molecule has 0 saturated carbocycles. The van der Waals surface area contributed by atoms with Crippen LogP contribution in [0.1, 0.15) is 54.7 Å². The second-order valence-electron chi connectivity index (χ2n) is 6.31. The average Bonchev–Trinajstić information content (AvgIpc) is 2.77. The molecule has 3 amide bonds. The number of thiophene rings is 1. The van der Waals surface area contributed by atoms with Crippen molar-refractivity contribution >= 4 is 29.2 Å². The molecule has 0 fully saturated rings. The standard InChI is InChI=1S/C16H24N2O4S/c1-7-11-9(2)8-12(23-11)14(20)22-10(3)13(19)17-15(21)18-16(4,5)6/h8,10H,7H2,1-6H3,(H2,17,18,19,21)/t10-/m0/s1. The number of aryl methyl sites for hydroxylation is 2. The zero-order valence-corrected chi connectivity index (χ0v) is 15.2. The minimum absolute atomic E-state index is 0.457. The van der Waals surface area contributed by atoms with E-state index in [1.54, 1.807) is 26.8 Å². The molecule has 23 heavy (non-hydrogen) atoms. The Bertz CT molecular complexity index is 602. The molecule has 1 rings (SSSR count). The number of ether oxygens (including phenoxy) is 1. The molecule has 0 radical (unpaired) electrons. The smallest absolute Gasteiger partial charge is 0.349 e. The lowest BCUT2D eigenvalue weighted by Crippen LogP contribution is -2.50. The van der Waals surface area contributed by atoms with E-state index in [-0.39, 0.29) is 0 Å². The third kappa shape index (κ3) is 6.02. The maximum atomic E-state index is 12.1. The summed E-state index contributed by atoms with van der Waals surface area (Å²) in [6, 6.07) is 1.13. The van der Waals surface area contributed by atoms with Crippen LogP contribution in [0.5, 0.6) is 0 Å². The first-order chi connectivity index (χ1) is 10.5. The number of urea groups is 1. The first-order valence-electron chi connectivity index (χ1n) is 7.46. The molecule has 0 aliphatic carbocycles. The van der Waals surface area contributed by atoms with Gasteiger partial charge in [-0.25, -0.2) is 9.59 Å². The predicted octanol–water partition coefficient (Wildman–Crippen LogP) is 2.79. The van der Waals surface area contributed by atoms with Crippen molar-refractivity contribution in [2.45, 2.75) is 59.6 Å². The van der Waals surface area contributed by atoms with E-state index < -0.39 is 29.6 Å². The Morgan fingerprint density at radius 2 is 1.91 bits per heavy atom. The molecule has 1 aromatic heterocycles. The lowest BCUT2D eigenvalue weighted by molar-refractivity contribution is -0.127. The summed E-state index contributed by atoms with van der Waals surface area (Å²) in [5.41, 5.74) is 0.570. The fourth-order valence-corrected chi connectivity index (χ4v) is 2.83. The van der Waals surface area contributed by atoms with E-state index in [4.69, 9.17) is 4.74 Å². The van der Waals surface area contributed by atoms with Crippen LogP contribution in [0.15, 0.2) is 6.07 Å². The van der Waals surface area contributed by atoms with E-state index in [0.717, 1.165) is 16.9 Å². The highest BCUT2D eigenvalue weighted by molar-refractivity contribution is 7.14. The minimum atomic E-state index is -1.05. The molecule has 0 saturated heterocycles. The number of hydrogen-bond acceptors (Lipinski definition) is 5. The maximum absolute atomic E-state index is 12.1. The molecule has 6 nitrogen and oxygen atoms in total. The van der Waals surface area contributed by atoms with Crippen LogP contribution in [0.2, 0.25) is 0 Å². The number of amides is 3. The van der Waals surface area contributed by atoms with Crippen molar-refractivity contribution in [2.24, 2.45) is 0 Å². The Balaban J connectivity index is 2.60. The van der Waals surface area contributed by atoms with Gasteiger partial charge in [-0.05, 0) is 52.7 Å². The molecule has 0 aliphatic heterocycles. The van der Waals surface area contributed by atoms with Gasteiger partial charge in [-0.1, -0.05) is 6.92 Å². The Kier molecular flexibility index (Phi) is 6.32. The second-order valence-corrected chi connectivity index (χ2v) is 7.45. The van der Waals surface area contributed by atoms with E-state index in [1.165, 1.54) is 18.3 Å². The number of rotatable bonds is 4. The van der Waals surface area contributed by atoms with Crippen molar-refractivity contribution in [1.82, 2.24) is 10.6 Å². The van der Waals surface area contributed by atoms with Gasteiger partial charge in [-0.15, -0.1) is 11.3 Å². The monoisotopic (exact) mass is 340 g/mol. The zero-order chi connectivity index (χ0) is 17.8. The quantitative estimate of drug-likeness (QED) is 0.826. The van der Waals surface area contributed by atoms with Crippen molar-refractivity contribution < 1.29 is 19.1 Å². The van der Waals surface area contributed by atoms with Gasteiger partial charge in [0.15, 0.2) is 6.10 Å². The topological polar surface area (TPSA) is 84.5 Å². The van der Waals surface area contributed by atoms with Crippen molar-refractivity contribution in [3.8, 4) is 0 Å². The summed E-state index contributed by atoms with van der Waals surface area (Å²) in [5, 5.41) is 4.76. The largest absolute Gasteiger partial charge is 0.448 e. The summed E-state index contributed by atoms with van der Waals surface area (Å²) in [7, 11) is 0. The number of nitrogens with one attached hydrogen (secondary N) is 2. The van der Waals surface area contributed by atoms with Crippen LogP contribution < -0.4 is 10.6 Å². The summed E-state index contributed by atoms with van der Waals surface area (Å²) in [6.45, 7) is 10.8. The minimum Gasteiger partial charge on any atom is -0.448 e. The second kappa shape index (κ2) is 7.59. The van der Waals surface area contributed by atoms with Crippen LogP contribution >= 0.6 is 11.3 Å². The molecular formula is C16H24N2O4S. The number of carbonyl (C=O) groups excluding carboxylic acids is 3. The first kappa shape index (κ1) is 19.2. The number of imide groups is 1. The van der Waals surface area contributed by atoms with Gasteiger partial charge in [0, 0.05) is 10.4 Å². The molecule has 0 aromatic carbocycles. The maximum Gasteiger partial charge on any atom is 0.349 e. The molecule has 7 heteroatoms. The third-order valence-electron chi connectivity index (χ3n) is 2.92. The Labute approximate surface area is 140 Å². The molecule has 1 aromatic rings. The normalized spacial score (nSPS) is 12.4. The Morgan fingerprint density at radius 1 is 1.30 bits per heavy atom. The van der Waals surface area contributed by atoms with Crippen molar-refractivity contribution in [2.75, 3.05) is 0 Å². The van der Waals surface area contributed by atoms with Crippen LogP contribution in [-0.2, 0) is 16.0 Å². The van der Waals surface area contributed by atoms with E-state index in [9.17, 15) is 14.4 Å². The summed E-state index contributed by atoms with van der Waals surface area (Å²) >= 11 is 1.36. The molecule has 0 spiro atoms. The molecule has 2 N–H and O–H groups in total. The van der Waals surface area contributed by atoms with Crippen LogP contribution in [0.3, 0.4) is 0 Å². The Hall–Kier alpha value is -1.89. The van der Waals surface area contributed by atoms with E-state index in [1.807, 2.05) is 13.8 Å². The SMILES string of the molecule is CCc1sc(C(=O)O[C@@H](C)C(=O)NC(=O)NC(C)(C)C)cc1C. The van der Waals surface area contributed by atoms with Gasteiger partial charge in [0.1, 0.15) is 4.88 Å². The first-order valence-corrected chi connectivity index (χ1v) is 8.28. The number of esters is 1. The Morgan fingerprint density at radius 3 is 2.39 bits per heavy atom. The molecule has 1 atom stereocenters. The molecule has 0 unspecified atom stereocenters. The highest BCUT2D eigenvalue weighted by Crippen LogP contribution is 2.23. The summed E-state index contributed by atoms with van der Waals surface area (Å²) in [6.07, 6.45) is -0.215. The van der Waals surface area contributed by atoms with E-state index in [0.29, 0.717) is 4.88 Å². The van der Waals surface area contributed by atoms with Crippen molar-refractivity contribution in [3.63, 3.8) is 0 Å². The van der Waals surface area contributed by atoms with Gasteiger partial charge in [0.05, 0.1) is 0 Å². The van der Waals surface area contributed by atoms with Crippen LogP contribution in [0.25, 0.3) is 0 Å². The van der Waals surface area contributed by atoms with E-state index >= 15 is 0 Å². The van der Waals surface area contributed by atoms with Gasteiger partial charge in [-0.3, -0.25) is 10.1 Å². The number of carbonyl (C=O) groups is 3. The van der Waals surface area contributed by atoms with Gasteiger partial charge in [0.25, 0.3) is 5.91 Å². The lowest BCUT2D eigenvalue weighted by Gasteiger charge is -2.21. The summed E-state index contributed by atoms with van der Waals surface area (Å²) in [4.78, 5) is 37.2. The van der Waals surface area contributed by atoms with Gasteiger partial charge in [-0.2, -0.15) is 0 Å². The predicted molar refractivity (Wildman–Crippen MR) is 89.7 cm³/mol. The third-order valence-corrected chi connectivity index (χ3v) is 4.28. The molecule has 0 aliphatic rings. The van der Waals surface area contributed by atoms with Gasteiger partial charge in [0.2, 0.25) is 0 Å². The average molecular weight is 340 g/mol.